The highest BCUT2D eigenvalue weighted by atomic mass is 79.9. The molecule has 1 N–H and O–H groups in total. The molecule has 8 nitrogen and oxygen atoms in total. The molecule has 1 aliphatic heterocycles. The molecular weight excluding hydrogens is 592 g/mol. The van der Waals surface area contributed by atoms with Crippen LogP contribution < -0.4 is 0 Å². The van der Waals surface area contributed by atoms with E-state index in [0.29, 0.717) is 39.6 Å². The van der Waals surface area contributed by atoms with Gasteiger partial charge in [0.1, 0.15) is 0 Å². The van der Waals surface area contributed by atoms with E-state index in [1.165, 1.54) is 6.42 Å². The molecule has 1 heterocycles. The maximum atomic E-state index is 11.2. The minimum Gasteiger partial charge on any atom is -0.394 e. The van der Waals surface area contributed by atoms with Crippen molar-refractivity contribution >= 4 is 27.5 Å². The topological polar surface area (TPSA) is 101 Å². The molecule has 9 heteroatoms. The van der Waals surface area contributed by atoms with Crippen LogP contribution in [0, 0.1) is 0 Å². The van der Waals surface area contributed by atoms with Gasteiger partial charge in [0.25, 0.3) is 0 Å². The molecular formula is C32H47BrO8. The number of carbonyl (C=O) groups is 2. The Hall–Kier alpha value is -1.98. The number of halogens is 1. The third-order valence-corrected chi connectivity index (χ3v) is 6.36. The van der Waals surface area contributed by atoms with Gasteiger partial charge in [-0.15, -0.1) is 0 Å². The highest BCUT2D eigenvalue weighted by Crippen LogP contribution is 2.13. The number of alkyl halides is 1. The van der Waals surface area contributed by atoms with E-state index >= 15 is 0 Å². The third kappa shape index (κ3) is 19.0. The molecule has 1 saturated heterocycles. The molecule has 1 aliphatic rings. The smallest absolute Gasteiger partial charge is 0.159 e. The van der Waals surface area contributed by atoms with Gasteiger partial charge in [-0.1, -0.05) is 59.3 Å². The summed E-state index contributed by atoms with van der Waals surface area (Å²) in [6, 6.07) is 15.1. The van der Waals surface area contributed by atoms with Crippen LogP contribution in [0.2, 0.25) is 0 Å². The van der Waals surface area contributed by atoms with Crippen molar-refractivity contribution in [3.63, 3.8) is 0 Å². The van der Waals surface area contributed by atoms with Crippen molar-refractivity contribution in [1.29, 1.82) is 0 Å². The first-order chi connectivity index (χ1) is 19.9. The Bertz CT molecular complexity index is 962. The SMILES string of the molecule is CC(=O)c1cccc(CBr)c1.CCCOCCOCc1cccc(C(C)=O)c1.OCCOCCOC1CCCCO1. The summed E-state index contributed by atoms with van der Waals surface area (Å²) in [7, 11) is 0. The van der Waals surface area contributed by atoms with Crippen molar-refractivity contribution in [3.05, 3.63) is 70.8 Å². The van der Waals surface area contributed by atoms with Gasteiger partial charge in [-0.2, -0.15) is 0 Å². The number of hydrogen-bond acceptors (Lipinski definition) is 8. The lowest BCUT2D eigenvalue weighted by atomic mass is 10.1. The van der Waals surface area contributed by atoms with E-state index in [1.807, 2.05) is 48.5 Å². The lowest BCUT2D eigenvalue weighted by Crippen LogP contribution is -2.24. The number of hydrogen-bond donors (Lipinski definition) is 1. The number of ketones is 2. The van der Waals surface area contributed by atoms with Crippen LogP contribution in [0.4, 0.5) is 0 Å². The van der Waals surface area contributed by atoms with Gasteiger partial charge in [-0.25, -0.2) is 0 Å². The lowest BCUT2D eigenvalue weighted by Gasteiger charge is -2.22. The van der Waals surface area contributed by atoms with Crippen molar-refractivity contribution < 1.29 is 38.4 Å². The summed E-state index contributed by atoms with van der Waals surface area (Å²) >= 11 is 3.33. The van der Waals surface area contributed by atoms with E-state index in [1.54, 1.807) is 13.8 Å². The fourth-order valence-corrected chi connectivity index (χ4v) is 3.90. The third-order valence-electron chi connectivity index (χ3n) is 5.72. The van der Waals surface area contributed by atoms with Crippen LogP contribution in [0.3, 0.4) is 0 Å². The highest BCUT2D eigenvalue weighted by Gasteiger charge is 2.13. The average Bonchev–Trinajstić information content (AvgIpc) is 3.00. The molecule has 0 spiro atoms. The second-order valence-electron chi connectivity index (χ2n) is 9.31. The van der Waals surface area contributed by atoms with Crippen molar-refractivity contribution in [1.82, 2.24) is 0 Å². The Kier molecular flexibility index (Phi) is 22.2. The van der Waals surface area contributed by atoms with Gasteiger partial charge in [0.05, 0.1) is 46.2 Å². The largest absolute Gasteiger partial charge is 0.394 e. The summed E-state index contributed by atoms with van der Waals surface area (Å²) in [5.74, 6) is 0.200. The summed E-state index contributed by atoms with van der Waals surface area (Å²) in [4.78, 5) is 22.1. The van der Waals surface area contributed by atoms with Crippen molar-refractivity contribution in [2.45, 2.75) is 64.7 Å². The molecule has 1 atom stereocenters. The molecule has 2 aromatic carbocycles. The van der Waals surface area contributed by atoms with Gasteiger partial charge < -0.3 is 28.8 Å². The zero-order valence-corrected chi connectivity index (χ0v) is 26.4. The van der Waals surface area contributed by atoms with Gasteiger partial charge in [-0.3, -0.25) is 9.59 Å². The zero-order valence-electron chi connectivity index (χ0n) is 24.8. The predicted octanol–water partition coefficient (Wildman–Crippen LogP) is 6.16. The van der Waals surface area contributed by atoms with Crippen molar-refractivity contribution in [3.8, 4) is 0 Å². The van der Waals surface area contributed by atoms with Crippen LogP contribution >= 0.6 is 15.9 Å². The quantitative estimate of drug-likeness (QED) is 0.133. The average molecular weight is 640 g/mol. The number of benzene rings is 2. The number of rotatable bonds is 16. The van der Waals surface area contributed by atoms with Gasteiger partial charge >= 0.3 is 0 Å². The zero-order chi connectivity index (χ0) is 30.1. The van der Waals surface area contributed by atoms with Crippen molar-refractivity contribution in [2.24, 2.45) is 0 Å². The summed E-state index contributed by atoms with van der Waals surface area (Å²) in [5, 5.41) is 9.22. The number of carbonyl (C=O) groups excluding carboxylic acids is 2. The molecule has 0 aromatic heterocycles. The van der Waals surface area contributed by atoms with Gasteiger partial charge in [-0.05, 0) is 62.8 Å². The van der Waals surface area contributed by atoms with Crippen LogP contribution in [0.5, 0.6) is 0 Å². The minimum absolute atomic E-state index is 0.0357. The van der Waals surface area contributed by atoms with E-state index in [4.69, 9.17) is 28.8 Å². The van der Waals surface area contributed by atoms with Gasteiger partial charge in [0.2, 0.25) is 0 Å². The monoisotopic (exact) mass is 638 g/mol. The minimum atomic E-state index is -0.0357. The Morgan fingerprint density at radius 2 is 1.46 bits per heavy atom. The predicted molar refractivity (Wildman–Crippen MR) is 164 cm³/mol. The molecule has 230 valence electrons. The number of aliphatic hydroxyl groups excluding tert-OH is 1. The summed E-state index contributed by atoms with van der Waals surface area (Å²) in [6.07, 6.45) is 4.30. The standard InChI is InChI=1S/C14H20O3.C9H9BrO.C9H18O4/c1-3-7-16-8-9-17-11-13-5-4-6-14(10-13)12(2)15;1-7(11)9-4-2-3-8(5-9)6-10;10-4-6-11-7-8-13-9-3-1-2-5-12-9/h4-6,10H,3,7-9,11H2,1-2H3;2-5H,6H2,1H3;9-10H,1-8H2. The Balaban J connectivity index is 0.000000316. The summed E-state index contributed by atoms with van der Waals surface area (Å²) < 4.78 is 26.6. The van der Waals surface area contributed by atoms with Gasteiger partial charge in [0.15, 0.2) is 17.9 Å². The molecule has 0 amide bonds. The molecule has 3 rings (SSSR count). The molecule has 0 bridgehead atoms. The second-order valence-corrected chi connectivity index (χ2v) is 9.88. The van der Waals surface area contributed by atoms with Crippen LogP contribution in [0.1, 0.15) is 78.3 Å². The van der Waals surface area contributed by atoms with E-state index in [0.717, 1.165) is 60.1 Å². The van der Waals surface area contributed by atoms with Crippen LogP contribution in [0.25, 0.3) is 0 Å². The second kappa shape index (κ2) is 24.6. The molecule has 0 radical (unpaired) electrons. The molecule has 41 heavy (non-hydrogen) atoms. The van der Waals surface area contributed by atoms with Crippen molar-refractivity contribution in [2.75, 3.05) is 52.9 Å². The van der Waals surface area contributed by atoms with Crippen LogP contribution in [-0.2, 0) is 35.6 Å². The normalized spacial score (nSPS) is 14.3. The summed E-state index contributed by atoms with van der Waals surface area (Å²) in [6.45, 7) is 10.1. The highest BCUT2D eigenvalue weighted by molar-refractivity contribution is 9.08. The van der Waals surface area contributed by atoms with Crippen LogP contribution in [0.15, 0.2) is 48.5 Å². The molecule has 0 saturated carbocycles. The number of ether oxygens (including phenoxy) is 5. The van der Waals surface area contributed by atoms with E-state index in [2.05, 4.69) is 22.9 Å². The molecule has 1 fully saturated rings. The lowest BCUT2D eigenvalue weighted by molar-refractivity contribution is -0.169. The first kappa shape index (κ1) is 37.0. The van der Waals surface area contributed by atoms with Crippen LogP contribution in [-0.4, -0.2) is 75.8 Å². The maximum absolute atomic E-state index is 11.2. The van der Waals surface area contributed by atoms with E-state index in [-0.39, 0.29) is 24.5 Å². The number of Topliss-reactive ketones (excluding diaryl/α,β-unsaturated/α-hetero) is 2. The molecule has 0 aliphatic carbocycles. The fraction of sp³-hybridized carbons (Fsp3) is 0.562. The Labute approximate surface area is 253 Å². The molecule has 2 aromatic rings. The maximum Gasteiger partial charge on any atom is 0.159 e. The van der Waals surface area contributed by atoms with Gasteiger partial charge in [0, 0.05) is 29.7 Å². The summed E-state index contributed by atoms with van der Waals surface area (Å²) in [5.41, 5.74) is 3.67. The first-order valence-corrected chi connectivity index (χ1v) is 15.4. The van der Waals surface area contributed by atoms with E-state index in [9.17, 15) is 9.59 Å². The Morgan fingerprint density at radius 1 is 0.854 bits per heavy atom. The molecule has 1 unspecified atom stereocenters. The number of aliphatic hydroxyl groups is 1. The van der Waals surface area contributed by atoms with E-state index < -0.39 is 0 Å². The Morgan fingerprint density at radius 3 is 2.05 bits per heavy atom. The first-order valence-electron chi connectivity index (χ1n) is 14.2. The fourth-order valence-electron chi connectivity index (χ4n) is 3.56.